The minimum absolute atomic E-state index is 0.0688. The number of hydrogen-bond donors (Lipinski definition) is 1. The van der Waals surface area contributed by atoms with Crippen LogP contribution in [-0.4, -0.2) is 33.9 Å². The highest BCUT2D eigenvalue weighted by molar-refractivity contribution is 7.91. The average molecular weight is 283 g/mol. The molecule has 0 saturated heterocycles. The van der Waals surface area contributed by atoms with Crippen molar-refractivity contribution >= 4 is 9.84 Å². The zero-order valence-corrected chi connectivity index (χ0v) is 11.6. The van der Waals surface area contributed by atoms with Crippen LogP contribution >= 0.6 is 0 Å². The van der Waals surface area contributed by atoms with Crippen molar-refractivity contribution in [2.24, 2.45) is 0 Å². The van der Waals surface area contributed by atoms with E-state index in [-0.39, 0.29) is 11.8 Å². The lowest BCUT2D eigenvalue weighted by Crippen LogP contribution is -2.30. The third-order valence-electron chi connectivity index (χ3n) is 3.51. The van der Waals surface area contributed by atoms with Crippen LogP contribution in [-0.2, 0) is 9.84 Å². The second-order valence-electron chi connectivity index (χ2n) is 4.75. The monoisotopic (exact) mass is 283 g/mol. The van der Waals surface area contributed by atoms with Crippen molar-refractivity contribution in [2.75, 3.05) is 25.5 Å². The Morgan fingerprint density at radius 1 is 1.26 bits per heavy atom. The molecule has 0 amide bonds. The number of sulfone groups is 1. The van der Waals surface area contributed by atoms with E-state index in [2.05, 4.69) is 5.32 Å². The summed E-state index contributed by atoms with van der Waals surface area (Å²) >= 11 is 0. The van der Waals surface area contributed by atoms with Gasteiger partial charge in [-0.25, -0.2) is 8.42 Å². The Morgan fingerprint density at radius 2 is 1.95 bits per heavy atom. The highest BCUT2D eigenvalue weighted by Crippen LogP contribution is 2.41. The van der Waals surface area contributed by atoms with Crippen molar-refractivity contribution in [1.29, 1.82) is 0 Å². The second-order valence-corrected chi connectivity index (χ2v) is 6.83. The Kier molecular flexibility index (Phi) is 3.14. The molecule has 1 atom stereocenters. The first-order valence-electron chi connectivity index (χ1n) is 6.51. The van der Waals surface area contributed by atoms with Crippen LogP contribution in [0.2, 0.25) is 0 Å². The number of fused-ring (bicyclic) bond motifs is 2. The molecule has 0 saturated carbocycles. The fourth-order valence-electron chi connectivity index (χ4n) is 2.62. The molecular weight excluding hydrogens is 266 g/mol. The third kappa shape index (κ3) is 2.19. The zero-order chi connectivity index (χ0) is 13.5. The minimum Gasteiger partial charge on any atom is -0.486 e. The van der Waals surface area contributed by atoms with Gasteiger partial charge in [-0.15, -0.1) is 0 Å². The maximum Gasteiger partial charge on any atom is 0.178 e. The molecule has 2 heterocycles. The molecule has 5 nitrogen and oxygen atoms in total. The fourth-order valence-corrected chi connectivity index (χ4v) is 4.24. The number of rotatable bonds is 2. The van der Waals surface area contributed by atoms with E-state index >= 15 is 0 Å². The Balaban J connectivity index is 2.14. The van der Waals surface area contributed by atoms with Gasteiger partial charge in [0.25, 0.3) is 0 Å². The highest BCUT2D eigenvalue weighted by Gasteiger charge is 2.32. The summed E-state index contributed by atoms with van der Waals surface area (Å²) in [6.45, 7) is 3.78. The number of nitrogens with one attached hydrogen (secondary N) is 1. The molecule has 0 aromatic heterocycles. The van der Waals surface area contributed by atoms with Gasteiger partial charge in [0, 0.05) is 12.1 Å². The van der Waals surface area contributed by atoms with Crippen molar-refractivity contribution < 1.29 is 17.9 Å². The van der Waals surface area contributed by atoms with Gasteiger partial charge in [0.15, 0.2) is 21.3 Å². The SMILES string of the molecule is CCNC1CCS(=O)(=O)c2cc3c(cc21)OCCO3. The standard InChI is InChI=1S/C13H17NO4S/c1-2-14-10-3-6-19(15,16)13-8-12-11(7-9(10)13)17-4-5-18-12/h7-8,10,14H,2-6H2,1H3. The summed E-state index contributed by atoms with van der Waals surface area (Å²) < 4.78 is 35.4. The van der Waals surface area contributed by atoms with Crippen molar-refractivity contribution in [3.63, 3.8) is 0 Å². The average Bonchev–Trinajstić information content (AvgIpc) is 2.41. The maximum atomic E-state index is 12.2. The predicted octanol–water partition coefficient (Wildman–Crippen LogP) is 1.29. The van der Waals surface area contributed by atoms with Crippen LogP contribution in [0.4, 0.5) is 0 Å². The molecule has 6 heteroatoms. The molecule has 0 bridgehead atoms. The Hall–Kier alpha value is -1.27. The van der Waals surface area contributed by atoms with E-state index in [1.54, 1.807) is 6.07 Å². The van der Waals surface area contributed by atoms with Gasteiger partial charge in [-0.3, -0.25) is 0 Å². The van der Waals surface area contributed by atoms with Crippen LogP contribution in [0.1, 0.15) is 24.9 Å². The van der Waals surface area contributed by atoms with Gasteiger partial charge < -0.3 is 14.8 Å². The van der Waals surface area contributed by atoms with Gasteiger partial charge in [0.05, 0.1) is 10.6 Å². The van der Waals surface area contributed by atoms with Gasteiger partial charge >= 0.3 is 0 Å². The van der Waals surface area contributed by atoms with Crippen molar-refractivity contribution in [3.05, 3.63) is 17.7 Å². The molecular formula is C13H17NO4S. The summed E-state index contributed by atoms with van der Waals surface area (Å²) in [6.07, 6.45) is 0.600. The molecule has 0 fully saturated rings. The van der Waals surface area contributed by atoms with Gasteiger partial charge in [0.2, 0.25) is 0 Å². The zero-order valence-electron chi connectivity index (χ0n) is 10.8. The largest absolute Gasteiger partial charge is 0.486 e. The van der Waals surface area contributed by atoms with Crippen molar-refractivity contribution in [2.45, 2.75) is 24.3 Å². The van der Waals surface area contributed by atoms with Crippen LogP contribution in [0.25, 0.3) is 0 Å². The molecule has 3 rings (SSSR count). The second kappa shape index (κ2) is 4.68. The molecule has 2 aliphatic rings. The quantitative estimate of drug-likeness (QED) is 0.886. The lowest BCUT2D eigenvalue weighted by atomic mass is 10.0. The summed E-state index contributed by atoms with van der Waals surface area (Å²) in [5.74, 6) is 1.35. The smallest absolute Gasteiger partial charge is 0.178 e. The number of hydrogen-bond acceptors (Lipinski definition) is 5. The summed E-state index contributed by atoms with van der Waals surface area (Å²) in [5, 5.41) is 3.32. The Labute approximate surface area is 112 Å². The molecule has 0 aliphatic carbocycles. The lowest BCUT2D eigenvalue weighted by Gasteiger charge is -2.28. The molecule has 1 unspecified atom stereocenters. The highest BCUT2D eigenvalue weighted by atomic mass is 32.2. The molecule has 1 N–H and O–H groups in total. The van der Waals surface area contributed by atoms with Crippen LogP contribution in [0.15, 0.2) is 17.0 Å². The lowest BCUT2D eigenvalue weighted by molar-refractivity contribution is 0.170. The molecule has 2 aliphatic heterocycles. The Bertz CT molecular complexity index is 597. The van der Waals surface area contributed by atoms with Crippen LogP contribution < -0.4 is 14.8 Å². The van der Waals surface area contributed by atoms with E-state index < -0.39 is 9.84 Å². The van der Waals surface area contributed by atoms with Crippen LogP contribution in [0.3, 0.4) is 0 Å². The Morgan fingerprint density at radius 3 is 2.63 bits per heavy atom. The van der Waals surface area contributed by atoms with E-state index in [1.807, 2.05) is 13.0 Å². The predicted molar refractivity (Wildman–Crippen MR) is 70.5 cm³/mol. The summed E-state index contributed by atoms with van der Waals surface area (Å²) in [7, 11) is -3.20. The maximum absolute atomic E-state index is 12.2. The number of benzene rings is 1. The molecule has 1 aromatic rings. The summed E-state index contributed by atoms with van der Waals surface area (Å²) in [6, 6.07) is 3.50. The molecule has 0 radical (unpaired) electrons. The van der Waals surface area contributed by atoms with Gasteiger partial charge in [-0.05, 0) is 24.6 Å². The topological polar surface area (TPSA) is 64.6 Å². The van der Waals surface area contributed by atoms with E-state index in [1.165, 1.54) is 0 Å². The van der Waals surface area contributed by atoms with E-state index in [0.717, 1.165) is 12.1 Å². The first-order valence-corrected chi connectivity index (χ1v) is 8.16. The normalized spacial score (nSPS) is 23.7. The molecule has 19 heavy (non-hydrogen) atoms. The van der Waals surface area contributed by atoms with Gasteiger partial charge in [-0.1, -0.05) is 6.92 Å². The molecule has 104 valence electrons. The molecule has 0 spiro atoms. The fraction of sp³-hybridized carbons (Fsp3) is 0.538. The number of ether oxygens (including phenoxy) is 2. The van der Waals surface area contributed by atoms with Gasteiger partial charge in [0.1, 0.15) is 13.2 Å². The first kappa shape index (κ1) is 12.7. The van der Waals surface area contributed by atoms with E-state index in [0.29, 0.717) is 36.0 Å². The van der Waals surface area contributed by atoms with E-state index in [4.69, 9.17) is 9.47 Å². The van der Waals surface area contributed by atoms with Crippen molar-refractivity contribution in [1.82, 2.24) is 5.32 Å². The first-order chi connectivity index (χ1) is 9.12. The molecule has 1 aromatic carbocycles. The minimum atomic E-state index is -3.20. The van der Waals surface area contributed by atoms with Gasteiger partial charge in [-0.2, -0.15) is 0 Å². The van der Waals surface area contributed by atoms with E-state index in [9.17, 15) is 8.42 Å². The summed E-state index contributed by atoms with van der Waals surface area (Å²) in [5.41, 5.74) is 0.803. The summed E-state index contributed by atoms with van der Waals surface area (Å²) in [4.78, 5) is 0.383. The van der Waals surface area contributed by atoms with Crippen LogP contribution in [0.5, 0.6) is 11.5 Å². The van der Waals surface area contributed by atoms with Crippen LogP contribution in [0, 0.1) is 0 Å². The third-order valence-corrected chi connectivity index (χ3v) is 5.31. The van der Waals surface area contributed by atoms with Crippen molar-refractivity contribution in [3.8, 4) is 11.5 Å².